The Morgan fingerprint density at radius 2 is 2.38 bits per heavy atom. The van der Waals surface area contributed by atoms with E-state index in [1.165, 1.54) is 24.8 Å². The predicted molar refractivity (Wildman–Crippen MR) is 63.4 cm³/mol. The molecule has 0 aromatic carbocycles. The van der Waals surface area contributed by atoms with Crippen LogP contribution in [0.1, 0.15) is 46.0 Å². The van der Waals surface area contributed by atoms with Gasteiger partial charge in [0.05, 0.1) is 6.61 Å². The van der Waals surface area contributed by atoms with E-state index in [2.05, 4.69) is 19.9 Å². The average Bonchev–Trinajstić information content (AvgIpc) is 2.45. The molecular formula is C14H22O2. The molecule has 1 heterocycles. The SMILES string of the molecule is CCOC12CCC1COC21CC=C(C)CC1. The van der Waals surface area contributed by atoms with Gasteiger partial charge >= 0.3 is 0 Å². The molecule has 0 bridgehead atoms. The lowest BCUT2D eigenvalue weighted by atomic mass is 9.59. The zero-order chi connectivity index (χ0) is 11.2. The topological polar surface area (TPSA) is 18.5 Å². The lowest BCUT2D eigenvalue weighted by Gasteiger charge is -2.53. The summed E-state index contributed by atoms with van der Waals surface area (Å²) >= 11 is 0. The van der Waals surface area contributed by atoms with Gasteiger partial charge in [-0.1, -0.05) is 11.6 Å². The highest BCUT2D eigenvalue weighted by molar-refractivity contribution is 5.22. The molecule has 1 saturated heterocycles. The maximum absolute atomic E-state index is 6.20. The van der Waals surface area contributed by atoms with E-state index in [0.29, 0.717) is 5.92 Å². The Hall–Kier alpha value is -0.340. The van der Waals surface area contributed by atoms with Gasteiger partial charge in [0, 0.05) is 12.5 Å². The lowest BCUT2D eigenvalue weighted by Crippen LogP contribution is -2.61. The molecular weight excluding hydrogens is 200 g/mol. The maximum atomic E-state index is 6.20. The Morgan fingerprint density at radius 3 is 2.94 bits per heavy atom. The molecule has 3 unspecified atom stereocenters. The maximum Gasteiger partial charge on any atom is 0.102 e. The van der Waals surface area contributed by atoms with Gasteiger partial charge in [0.15, 0.2) is 0 Å². The van der Waals surface area contributed by atoms with Crippen LogP contribution in [0.2, 0.25) is 0 Å². The second-order valence-electron chi connectivity index (χ2n) is 5.62. The van der Waals surface area contributed by atoms with Gasteiger partial charge in [-0.25, -0.2) is 0 Å². The molecule has 0 radical (unpaired) electrons. The van der Waals surface area contributed by atoms with E-state index >= 15 is 0 Å². The minimum absolute atomic E-state index is 0.0193. The van der Waals surface area contributed by atoms with Crippen LogP contribution >= 0.6 is 0 Å². The summed E-state index contributed by atoms with van der Waals surface area (Å²) in [6, 6.07) is 0. The fraction of sp³-hybridized carbons (Fsp3) is 0.857. The molecule has 3 atom stereocenters. The van der Waals surface area contributed by atoms with Crippen LogP contribution < -0.4 is 0 Å². The van der Waals surface area contributed by atoms with Crippen LogP contribution in [-0.4, -0.2) is 24.4 Å². The fourth-order valence-electron chi connectivity index (χ4n) is 3.85. The first-order valence-electron chi connectivity index (χ1n) is 6.66. The Bertz CT molecular complexity index is 323. The molecule has 2 heteroatoms. The molecule has 1 spiro atoms. The van der Waals surface area contributed by atoms with Gasteiger partial charge < -0.3 is 9.47 Å². The van der Waals surface area contributed by atoms with Crippen molar-refractivity contribution in [1.82, 2.24) is 0 Å². The minimum atomic E-state index is 0.0193. The molecule has 0 aromatic heterocycles. The molecule has 0 amide bonds. The van der Waals surface area contributed by atoms with E-state index in [4.69, 9.17) is 9.47 Å². The van der Waals surface area contributed by atoms with Gasteiger partial charge in [-0.2, -0.15) is 0 Å². The molecule has 0 N–H and O–H groups in total. The normalized spacial score (nSPS) is 46.4. The molecule has 16 heavy (non-hydrogen) atoms. The molecule has 1 aliphatic heterocycles. The molecule has 2 fully saturated rings. The Kier molecular flexibility index (Phi) is 2.41. The molecule has 2 aliphatic carbocycles. The van der Waals surface area contributed by atoms with Crippen molar-refractivity contribution in [2.24, 2.45) is 5.92 Å². The zero-order valence-corrected chi connectivity index (χ0v) is 10.4. The van der Waals surface area contributed by atoms with Crippen molar-refractivity contribution >= 4 is 0 Å². The van der Waals surface area contributed by atoms with Crippen LogP contribution in [0.4, 0.5) is 0 Å². The van der Waals surface area contributed by atoms with Crippen molar-refractivity contribution in [3.63, 3.8) is 0 Å². The highest BCUT2D eigenvalue weighted by Crippen LogP contribution is 2.59. The van der Waals surface area contributed by atoms with Gasteiger partial charge in [0.1, 0.15) is 11.2 Å². The standard InChI is InChI=1S/C14H22O2/c1-3-15-14-9-6-12(14)10-16-13(14)7-4-11(2)5-8-13/h4,12H,3,5-10H2,1-2H3. The Balaban J connectivity index is 1.89. The summed E-state index contributed by atoms with van der Waals surface area (Å²) in [5, 5.41) is 0. The lowest BCUT2D eigenvalue weighted by molar-refractivity contribution is -0.198. The third kappa shape index (κ3) is 1.20. The van der Waals surface area contributed by atoms with Crippen molar-refractivity contribution in [2.45, 2.75) is 57.2 Å². The summed E-state index contributed by atoms with van der Waals surface area (Å²) in [5.41, 5.74) is 1.60. The number of allylic oxidation sites excluding steroid dienone is 1. The summed E-state index contributed by atoms with van der Waals surface area (Å²) < 4.78 is 12.4. The summed E-state index contributed by atoms with van der Waals surface area (Å²) in [6.45, 7) is 6.09. The third-order valence-electron chi connectivity index (χ3n) is 4.96. The quantitative estimate of drug-likeness (QED) is 0.668. The Morgan fingerprint density at radius 1 is 1.50 bits per heavy atom. The number of hydrogen-bond acceptors (Lipinski definition) is 2. The highest BCUT2D eigenvalue weighted by Gasteiger charge is 2.66. The van der Waals surface area contributed by atoms with Gasteiger partial charge in [-0.15, -0.1) is 0 Å². The highest BCUT2D eigenvalue weighted by atomic mass is 16.6. The third-order valence-corrected chi connectivity index (χ3v) is 4.96. The first-order chi connectivity index (χ1) is 7.72. The molecule has 90 valence electrons. The second-order valence-corrected chi connectivity index (χ2v) is 5.62. The van der Waals surface area contributed by atoms with Crippen molar-refractivity contribution in [1.29, 1.82) is 0 Å². The monoisotopic (exact) mass is 222 g/mol. The van der Waals surface area contributed by atoms with E-state index in [-0.39, 0.29) is 11.2 Å². The number of fused-ring (bicyclic) bond motifs is 2. The van der Waals surface area contributed by atoms with Crippen LogP contribution in [-0.2, 0) is 9.47 Å². The van der Waals surface area contributed by atoms with Crippen molar-refractivity contribution in [3.8, 4) is 0 Å². The van der Waals surface area contributed by atoms with E-state index in [1.54, 1.807) is 0 Å². The van der Waals surface area contributed by atoms with E-state index in [1.807, 2.05) is 0 Å². The van der Waals surface area contributed by atoms with Crippen molar-refractivity contribution < 1.29 is 9.47 Å². The van der Waals surface area contributed by atoms with Crippen LogP contribution in [0, 0.1) is 5.92 Å². The first-order valence-corrected chi connectivity index (χ1v) is 6.66. The number of ether oxygens (including phenoxy) is 2. The number of hydrogen-bond donors (Lipinski definition) is 0. The molecule has 2 nitrogen and oxygen atoms in total. The largest absolute Gasteiger partial charge is 0.372 e. The number of rotatable bonds is 2. The van der Waals surface area contributed by atoms with Crippen LogP contribution in [0.3, 0.4) is 0 Å². The van der Waals surface area contributed by atoms with Crippen LogP contribution in [0.5, 0.6) is 0 Å². The molecule has 1 saturated carbocycles. The predicted octanol–water partition coefficient (Wildman–Crippen LogP) is 3.07. The van der Waals surface area contributed by atoms with Crippen LogP contribution in [0.25, 0.3) is 0 Å². The van der Waals surface area contributed by atoms with Gasteiger partial charge in [0.25, 0.3) is 0 Å². The van der Waals surface area contributed by atoms with Gasteiger partial charge in [0.2, 0.25) is 0 Å². The summed E-state index contributed by atoms with van der Waals surface area (Å²) in [7, 11) is 0. The van der Waals surface area contributed by atoms with Crippen molar-refractivity contribution in [2.75, 3.05) is 13.2 Å². The van der Waals surface area contributed by atoms with Crippen LogP contribution in [0.15, 0.2) is 11.6 Å². The second kappa shape index (κ2) is 3.58. The van der Waals surface area contributed by atoms with E-state index in [9.17, 15) is 0 Å². The summed E-state index contributed by atoms with van der Waals surface area (Å²) in [4.78, 5) is 0. The zero-order valence-electron chi connectivity index (χ0n) is 10.4. The Labute approximate surface area is 98.0 Å². The molecule has 0 aromatic rings. The van der Waals surface area contributed by atoms with E-state index < -0.39 is 0 Å². The molecule has 3 aliphatic rings. The van der Waals surface area contributed by atoms with E-state index in [0.717, 1.165) is 26.1 Å². The molecule has 3 rings (SSSR count). The first kappa shape index (κ1) is 10.8. The van der Waals surface area contributed by atoms with Gasteiger partial charge in [-0.3, -0.25) is 0 Å². The summed E-state index contributed by atoms with van der Waals surface area (Å²) in [6.07, 6.45) is 8.27. The smallest absolute Gasteiger partial charge is 0.102 e. The average molecular weight is 222 g/mol. The fourth-order valence-corrected chi connectivity index (χ4v) is 3.85. The van der Waals surface area contributed by atoms with Crippen molar-refractivity contribution in [3.05, 3.63) is 11.6 Å². The van der Waals surface area contributed by atoms with Gasteiger partial charge in [-0.05, 0) is 46.0 Å². The summed E-state index contributed by atoms with van der Waals surface area (Å²) in [5.74, 6) is 0.666. The minimum Gasteiger partial charge on any atom is -0.372 e.